The normalized spacial score (nSPS) is 19.5. The van der Waals surface area contributed by atoms with Crippen molar-refractivity contribution in [2.45, 2.75) is 25.0 Å². The van der Waals surface area contributed by atoms with Crippen molar-refractivity contribution in [3.05, 3.63) is 0 Å². The Labute approximate surface area is 98.3 Å². The molecule has 0 amide bonds. The van der Waals surface area contributed by atoms with Gasteiger partial charge in [0, 0.05) is 34.0 Å². The summed E-state index contributed by atoms with van der Waals surface area (Å²) in [7, 11) is 2.46. The lowest BCUT2D eigenvalue weighted by atomic mass is 10.1. The monoisotopic (exact) mass is 250 g/mol. The Kier molecular flexibility index (Phi) is 5.36. The van der Waals surface area contributed by atoms with Crippen LogP contribution < -0.4 is 0 Å². The van der Waals surface area contributed by atoms with Crippen LogP contribution in [0.2, 0.25) is 6.04 Å². The van der Waals surface area contributed by atoms with Gasteiger partial charge in [0.1, 0.15) is 5.60 Å². The van der Waals surface area contributed by atoms with E-state index in [0.717, 1.165) is 12.5 Å². The molecule has 5 nitrogen and oxygen atoms in total. The van der Waals surface area contributed by atoms with Crippen LogP contribution in [0, 0.1) is 0 Å². The zero-order valence-corrected chi connectivity index (χ0v) is 11.6. The third-order valence-electron chi connectivity index (χ3n) is 2.83. The van der Waals surface area contributed by atoms with Gasteiger partial charge in [0.25, 0.3) is 0 Å². The molecule has 0 N–H and O–H groups in total. The topological polar surface area (TPSA) is 46.2 Å². The number of rotatable bonds is 8. The van der Waals surface area contributed by atoms with Crippen molar-refractivity contribution in [2.75, 3.05) is 41.2 Å². The third-order valence-corrected chi connectivity index (χ3v) is 5.66. The molecule has 1 aliphatic rings. The second-order valence-electron chi connectivity index (χ2n) is 4.19. The molecule has 0 saturated carbocycles. The lowest BCUT2D eigenvalue weighted by Gasteiger charge is -2.38. The van der Waals surface area contributed by atoms with Gasteiger partial charge >= 0.3 is 8.80 Å². The highest BCUT2D eigenvalue weighted by Crippen LogP contribution is 2.22. The maximum atomic E-state index is 5.72. The molecule has 0 aliphatic carbocycles. The Morgan fingerprint density at radius 2 is 1.69 bits per heavy atom. The quantitative estimate of drug-likeness (QED) is 0.476. The number of hydrogen-bond donors (Lipinski definition) is 0. The minimum atomic E-state index is -2.42. The molecule has 0 aromatic carbocycles. The summed E-state index contributed by atoms with van der Waals surface area (Å²) in [5.74, 6) is 0. The first-order chi connectivity index (χ1) is 7.60. The summed E-state index contributed by atoms with van der Waals surface area (Å²) < 4.78 is 26.8. The van der Waals surface area contributed by atoms with E-state index >= 15 is 0 Å². The maximum absolute atomic E-state index is 5.72. The van der Waals surface area contributed by atoms with E-state index in [9.17, 15) is 0 Å². The van der Waals surface area contributed by atoms with Crippen LogP contribution in [0.3, 0.4) is 0 Å². The molecule has 1 fully saturated rings. The molecule has 1 saturated heterocycles. The first-order valence-electron chi connectivity index (χ1n) is 5.47. The van der Waals surface area contributed by atoms with Crippen LogP contribution in [0.4, 0.5) is 0 Å². The third kappa shape index (κ3) is 3.51. The Bertz CT molecular complexity index is 195. The SMILES string of the molecule is CO[Si](CCCOC1(C)COC1)(OC)OC. The first kappa shape index (κ1) is 14.1. The molecule has 1 heterocycles. The fourth-order valence-corrected chi connectivity index (χ4v) is 3.33. The molecule has 0 spiro atoms. The van der Waals surface area contributed by atoms with E-state index in [0.29, 0.717) is 19.8 Å². The van der Waals surface area contributed by atoms with Crippen LogP contribution in [-0.2, 0) is 22.8 Å². The molecule has 0 aromatic rings. The van der Waals surface area contributed by atoms with Crippen LogP contribution in [0.5, 0.6) is 0 Å². The Morgan fingerprint density at radius 3 is 2.06 bits per heavy atom. The molecule has 1 rings (SSSR count). The maximum Gasteiger partial charge on any atom is 0.500 e. The standard InChI is InChI=1S/C10H22O5Si/c1-10(8-14-9-10)15-6-5-7-16(11-2,12-3)13-4/h5-9H2,1-4H3. The molecular formula is C10H22O5Si. The van der Waals surface area contributed by atoms with Gasteiger partial charge in [-0.15, -0.1) is 0 Å². The number of ether oxygens (including phenoxy) is 2. The Balaban J connectivity index is 2.18. The smallest absolute Gasteiger partial charge is 0.377 e. The van der Waals surface area contributed by atoms with Crippen LogP contribution in [0.25, 0.3) is 0 Å². The molecular weight excluding hydrogens is 228 g/mol. The fourth-order valence-electron chi connectivity index (χ4n) is 1.64. The molecule has 1 aliphatic heterocycles. The molecule has 16 heavy (non-hydrogen) atoms. The van der Waals surface area contributed by atoms with Gasteiger partial charge in [-0.25, -0.2) is 0 Å². The van der Waals surface area contributed by atoms with Gasteiger partial charge in [-0.1, -0.05) is 0 Å². The predicted molar refractivity (Wildman–Crippen MR) is 61.4 cm³/mol. The highest BCUT2D eigenvalue weighted by molar-refractivity contribution is 6.60. The highest BCUT2D eigenvalue weighted by atomic mass is 28.4. The summed E-state index contributed by atoms with van der Waals surface area (Å²) in [4.78, 5) is 0. The van der Waals surface area contributed by atoms with Gasteiger partial charge in [0.2, 0.25) is 0 Å². The van der Waals surface area contributed by atoms with Crippen molar-refractivity contribution in [2.24, 2.45) is 0 Å². The van der Waals surface area contributed by atoms with E-state index in [1.165, 1.54) is 0 Å². The molecule has 0 aromatic heterocycles. The van der Waals surface area contributed by atoms with E-state index in [2.05, 4.69) is 6.92 Å². The Hall–Kier alpha value is 0.0169. The summed E-state index contributed by atoms with van der Waals surface area (Å²) in [6.07, 6.45) is 0.872. The summed E-state index contributed by atoms with van der Waals surface area (Å²) in [5.41, 5.74) is -0.0859. The molecule has 6 heteroatoms. The van der Waals surface area contributed by atoms with Gasteiger partial charge in [0.15, 0.2) is 0 Å². The summed E-state index contributed by atoms with van der Waals surface area (Å²) >= 11 is 0. The van der Waals surface area contributed by atoms with E-state index in [4.69, 9.17) is 22.8 Å². The molecule has 0 radical (unpaired) electrons. The minimum absolute atomic E-state index is 0.0859. The van der Waals surface area contributed by atoms with Crippen LogP contribution >= 0.6 is 0 Å². The van der Waals surface area contributed by atoms with Crippen molar-refractivity contribution in [3.8, 4) is 0 Å². The average molecular weight is 250 g/mol. The van der Waals surface area contributed by atoms with Gasteiger partial charge < -0.3 is 22.8 Å². The predicted octanol–water partition coefficient (Wildman–Crippen LogP) is 1.06. The zero-order chi connectivity index (χ0) is 12.1. The second kappa shape index (κ2) is 6.09. The van der Waals surface area contributed by atoms with E-state index in [1.807, 2.05) is 0 Å². The summed E-state index contributed by atoms with van der Waals surface area (Å²) in [5, 5.41) is 0. The Morgan fingerprint density at radius 1 is 1.12 bits per heavy atom. The van der Waals surface area contributed by atoms with Crippen LogP contribution in [0.1, 0.15) is 13.3 Å². The first-order valence-corrected chi connectivity index (χ1v) is 7.40. The highest BCUT2D eigenvalue weighted by Gasteiger charge is 2.38. The summed E-state index contributed by atoms with van der Waals surface area (Å²) in [6.45, 7) is 4.12. The van der Waals surface area contributed by atoms with Crippen molar-refractivity contribution in [3.63, 3.8) is 0 Å². The van der Waals surface area contributed by atoms with Crippen molar-refractivity contribution in [1.29, 1.82) is 0 Å². The lowest BCUT2D eigenvalue weighted by Crippen LogP contribution is -2.49. The summed E-state index contributed by atoms with van der Waals surface area (Å²) in [6, 6.07) is 0.771. The molecule has 0 unspecified atom stereocenters. The fraction of sp³-hybridized carbons (Fsp3) is 1.00. The number of hydrogen-bond acceptors (Lipinski definition) is 5. The average Bonchev–Trinajstić information content (AvgIpc) is 2.28. The van der Waals surface area contributed by atoms with Crippen LogP contribution in [0.15, 0.2) is 0 Å². The van der Waals surface area contributed by atoms with Gasteiger partial charge in [-0.3, -0.25) is 0 Å². The van der Waals surface area contributed by atoms with Crippen molar-refractivity contribution in [1.82, 2.24) is 0 Å². The van der Waals surface area contributed by atoms with E-state index in [1.54, 1.807) is 21.3 Å². The zero-order valence-electron chi connectivity index (χ0n) is 10.6. The lowest BCUT2D eigenvalue weighted by molar-refractivity contribution is -0.198. The van der Waals surface area contributed by atoms with E-state index in [-0.39, 0.29) is 5.60 Å². The van der Waals surface area contributed by atoms with Crippen LogP contribution in [-0.4, -0.2) is 55.6 Å². The van der Waals surface area contributed by atoms with Gasteiger partial charge in [-0.2, -0.15) is 0 Å². The van der Waals surface area contributed by atoms with E-state index < -0.39 is 8.80 Å². The second-order valence-corrected chi connectivity index (χ2v) is 7.28. The van der Waals surface area contributed by atoms with Crippen molar-refractivity contribution < 1.29 is 22.8 Å². The molecule has 0 bridgehead atoms. The molecule has 0 atom stereocenters. The molecule has 96 valence electrons. The largest absolute Gasteiger partial charge is 0.500 e. The minimum Gasteiger partial charge on any atom is -0.377 e. The van der Waals surface area contributed by atoms with Gasteiger partial charge in [-0.05, 0) is 13.3 Å². The van der Waals surface area contributed by atoms with Crippen molar-refractivity contribution >= 4 is 8.80 Å². The van der Waals surface area contributed by atoms with Gasteiger partial charge in [0.05, 0.1) is 13.2 Å².